The molecule has 0 unspecified atom stereocenters. The van der Waals surface area contributed by atoms with Gasteiger partial charge in [0.05, 0.1) is 6.61 Å². The second-order valence-electron chi connectivity index (χ2n) is 5.35. The molecule has 0 aliphatic carbocycles. The molecule has 0 aliphatic rings. The van der Waals surface area contributed by atoms with Crippen LogP contribution in [0.15, 0.2) is 0 Å². The highest BCUT2D eigenvalue weighted by Crippen LogP contribution is 2.24. The summed E-state index contributed by atoms with van der Waals surface area (Å²) in [5.74, 6) is 0.0836. The van der Waals surface area contributed by atoms with Crippen LogP contribution in [0.1, 0.15) is 53.4 Å². The molecule has 0 saturated carbocycles. The SMILES string of the molecule is CCC(CC)(CO)CNC(=O)CCCNC(C)C. The van der Waals surface area contributed by atoms with E-state index >= 15 is 0 Å². The van der Waals surface area contributed by atoms with Crippen LogP contribution in [-0.4, -0.2) is 36.8 Å². The molecule has 0 aliphatic heterocycles. The highest BCUT2D eigenvalue weighted by molar-refractivity contribution is 5.75. The number of amides is 1. The number of nitrogens with one attached hydrogen (secondary N) is 2. The first kappa shape index (κ1) is 17.4. The smallest absolute Gasteiger partial charge is 0.220 e. The van der Waals surface area contributed by atoms with Crippen molar-refractivity contribution in [3.05, 3.63) is 0 Å². The highest BCUT2D eigenvalue weighted by atomic mass is 16.3. The van der Waals surface area contributed by atoms with Crippen LogP contribution in [0.25, 0.3) is 0 Å². The monoisotopic (exact) mass is 258 g/mol. The molecule has 3 N–H and O–H groups in total. The van der Waals surface area contributed by atoms with Gasteiger partial charge >= 0.3 is 0 Å². The molecule has 0 aromatic heterocycles. The molecule has 0 spiro atoms. The maximum Gasteiger partial charge on any atom is 0.220 e. The zero-order chi connectivity index (χ0) is 14.0. The lowest BCUT2D eigenvalue weighted by Gasteiger charge is -2.29. The molecule has 18 heavy (non-hydrogen) atoms. The third-order valence-electron chi connectivity index (χ3n) is 3.63. The summed E-state index contributed by atoms with van der Waals surface area (Å²) in [6, 6.07) is 0.468. The van der Waals surface area contributed by atoms with Crippen LogP contribution in [0, 0.1) is 5.41 Å². The molecule has 0 bridgehead atoms. The van der Waals surface area contributed by atoms with E-state index in [4.69, 9.17) is 0 Å². The minimum absolute atomic E-state index is 0.0836. The molecule has 1 amide bonds. The first-order valence-corrected chi connectivity index (χ1v) is 7.10. The van der Waals surface area contributed by atoms with Gasteiger partial charge in [-0.05, 0) is 25.8 Å². The lowest BCUT2D eigenvalue weighted by Crippen LogP contribution is -2.39. The van der Waals surface area contributed by atoms with Crippen LogP contribution in [-0.2, 0) is 4.79 Å². The molecular formula is C14H30N2O2. The predicted molar refractivity (Wildman–Crippen MR) is 75.5 cm³/mol. The normalized spacial score (nSPS) is 11.9. The van der Waals surface area contributed by atoms with Gasteiger partial charge in [-0.3, -0.25) is 4.79 Å². The average molecular weight is 258 g/mol. The molecule has 0 radical (unpaired) electrons. The van der Waals surface area contributed by atoms with Gasteiger partial charge in [-0.15, -0.1) is 0 Å². The Morgan fingerprint density at radius 3 is 2.33 bits per heavy atom. The lowest BCUT2D eigenvalue weighted by molar-refractivity contribution is -0.121. The number of rotatable bonds is 10. The van der Waals surface area contributed by atoms with E-state index in [1.165, 1.54) is 0 Å². The summed E-state index contributed by atoms with van der Waals surface area (Å²) in [7, 11) is 0. The van der Waals surface area contributed by atoms with Gasteiger partial charge in [-0.25, -0.2) is 0 Å². The molecule has 0 aromatic rings. The Morgan fingerprint density at radius 2 is 1.89 bits per heavy atom. The molecule has 4 nitrogen and oxygen atoms in total. The van der Waals surface area contributed by atoms with E-state index in [9.17, 15) is 9.90 Å². The van der Waals surface area contributed by atoms with Gasteiger partial charge in [-0.2, -0.15) is 0 Å². The number of aliphatic hydroxyl groups excluding tert-OH is 1. The average Bonchev–Trinajstić information content (AvgIpc) is 2.37. The Labute approximate surface area is 112 Å². The van der Waals surface area contributed by atoms with E-state index < -0.39 is 0 Å². The van der Waals surface area contributed by atoms with Gasteiger partial charge in [0.25, 0.3) is 0 Å². The fraction of sp³-hybridized carbons (Fsp3) is 0.929. The Hall–Kier alpha value is -0.610. The van der Waals surface area contributed by atoms with Crippen molar-refractivity contribution >= 4 is 5.91 Å². The number of aliphatic hydroxyl groups is 1. The molecule has 0 atom stereocenters. The van der Waals surface area contributed by atoms with Gasteiger partial charge in [-0.1, -0.05) is 27.7 Å². The van der Waals surface area contributed by atoms with Crippen LogP contribution in [0.2, 0.25) is 0 Å². The van der Waals surface area contributed by atoms with Gasteiger partial charge < -0.3 is 15.7 Å². The first-order valence-electron chi connectivity index (χ1n) is 7.10. The number of hydrogen-bond donors (Lipinski definition) is 3. The van der Waals surface area contributed by atoms with Gasteiger partial charge in [0.2, 0.25) is 5.91 Å². The summed E-state index contributed by atoms with van der Waals surface area (Å²) in [6.45, 7) is 9.88. The molecule has 0 heterocycles. The Kier molecular flexibility index (Phi) is 9.02. The van der Waals surface area contributed by atoms with Crippen molar-refractivity contribution in [2.45, 2.75) is 59.4 Å². The van der Waals surface area contributed by atoms with Crippen LogP contribution in [0.3, 0.4) is 0 Å². The fourth-order valence-electron chi connectivity index (χ4n) is 1.79. The summed E-state index contributed by atoms with van der Waals surface area (Å²) in [6.07, 6.45) is 3.17. The Bertz CT molecular complexity index is 218. The second-order valence-corrected chi connectivity index (χ2v) is 5.35. The topological polar surface area (TPSA) is 61.4 Å². The van der Waals surface area contributed by atoms with Gasteiger partial charge in [0, 0.05) is 24.4 Å². The molecular weight excluding hydrogens is 228 g/mol. The molecule has 4 heteroatoms. The van der Waals surface area contributed by atoms with Crippen molar-refractivity contribution in [1.82, 2.24) is 10.6 Å². The van der Waals surface area contributed by atoms with Gasteiger partial charge in [0.1, 0.15) is 0 Å². The molecule has 0 aromatic carbocycles. The zero-order valence-electron chi connectivity index (χ0n) is 12.4. The van der Waals surface area contributed by atoms with E-state index in [0.717, 1.165) is 25.8 Å². The van der Waals surface area contributed by atoms with E-state index in [1.54, 1.807) is 0 Å². The van der Waals surface area contributed by atoms with Crippen molar-refractivity contribution in [2.24, 2.45) is 5.41 Å². The summed E-state index contributed by atoms with van der Waals surface area (Å²) in [5.41, 5.74) is -0.147. The molecule has 108 valence electrons. The predicted octanol–water partition coefficient (Wildman–Crippen LogP) is 1.68. The standard InChI is InChI=1S/C14H30N2O2/c1-5-14(6-2,11-17)10-16-13(18)8-7-9-15-12(3)4/h12,15,17H,5-11H2,1-4H3,(H,16,18). The number of carbonyl (C=O) groups excluding carboxylic acids is 1. The number of hydrogen-bond acceptors (Lipinski definition) is 3. The minimum Gasteiger partial charge on any atom is -0.396 e. The third-order valence-corrected chi connectivity index (χ3v) is 3.63. The largest absolute Gasteiger partial charge is 0.396 e. The van der Waals surface area contributed by atoms with Gasteiger partial charge in [0.15, 0.2) is 0 Å². The van der Waals surface area contributed by atoms with E-state index in [0.29, 0.717) is 19.0 Å². The molecule has 0 rings (SSSR count). The Balaban J connectivity index is 3.81. The first-order chi connectivity index (χ1) is 8.49. The fourth-order valence-corrected chi connectivity index (χ4v) is 1.79. The Morgan fingerprint density at radius 1 is 1.28 bits per heavy atom. The van der Waals surface area contributed by atoms with E-state index in [1.807, 2.05) is 0 Å². The maximum absolute atomic E-state index is 11.7. The van der Waals surface area contributed by atoms with Crippen molar-refractivity contribution < 1.29 is 9.90 Å². The summed E-state index contributed by atoms with van der Waals surface area (Å²) < 4.78 is 0. The molecule has 0 fully saturated rings. The highest BCUT2D eigenvalue weighted by Gasteiger charge is 2.25. The van der Waals surface area contributed by atoms with Crippen LogP contribution in [0.5, 0.6) is 0 Å². The van der Waals surface area contributed by atoms with E-state index in [-0.39, 0.29) is 17.9 Å². The molecule has 0 saturated heterocycles. The minimum atomic E-state index is -0.147. The van der Waals surface area contributed by atoms with Crippen molar-refractivity contribution in [3.63, 3.8) is 0 Å². The summed E-state index contributed by atoms with van der Waals surface area (Å²) >= 11 is 0. The van der Waals surface area contributed by atoms with E-state index in [2.05, 4.69) is 38.3 Å². The quantitative estimate of drug-likeness (QED) is 0.522. The number of carbonyl (C=O) groups is 1. The van der Waals surface area contributed by atoms with Crippen LogP contribution in [0.4, 0.5) is 0 Å². The summed E-state index contributed by atoms with van der Waals surface area (Å²) in [4.78, 5) is 11.7. The van der Waals surface area contributed by atoms with Crippen LogP contribution >= 0.6 is 0 Å². The zero-order valence-corrected chi connectivity index (χ0v) is 12.4. The maximum atomic E-state index is 11.7. The van der Waals surface area contributed by atoms with Crippen molar-refractivity contribution in [3.8, 4) is 0 Å². The lowest BCUT2D eigenvalue weighted by atomic mass is 9.83. The van der Waals surface area contributed by atoms with Crippen LogP contribution < -0.4 is 10.6 Å². The third kappa shape index (κ3) is 6.97. The van der Waals surface area contributed by atoms with Crippen molar-refractivity contribution in [1.29, 1.82) is 0 Å². The van der Waals surface area contributed by atoms with Crippen molar-refractivity contribution in [2.75, 3.05) is 19.7 Å². The second kappa shape index (κ2) is 9.34. The summed E-state index contributed by atoms with van der Waals surface area (Å²) in [5, 5.41) is 15.6.